The van der Waals surface area contributed by atoms with Crippen molar-refractivity contribution in [2.45, 2.75) is 40.7 Å². The first kappa shape index (κ1) is 21.9. The van der Waals surface area contributed by atoms with Crippen molar-refractivity contribution in [2.75, 3.05) is 18.3 Å². The largest absolute Gasteiger partial charge is 0.454 e. The van der Waals surface area contributed by atoms with E-state index in [0.29, 0.717) is 34.1 Å². The highest BCUT2D eigenvalue weighted by atomic mass is 32.2. The van der Waals surface area contributed by atoms with Gasteiger partial charge in [0.25, 0.3) is 0 Å². The maximum Gasteiger partial charge on any atom is 0.309 e. The van der Waals surface area contributed by atoms with E-state index in [4.69, 9.17) is 10.5 Å². The van der Waals surface area contributed by atoms with Crippen LogP contribution in [-0.4, -0.2) is 39.5 Å². The molecule has 144 valence electrons. The molecular formula is C17H26N4O4S. The summed E-state index contributed by atoms with van der Waals surface area (Å²) < 4.78 is 5.11. The summed E-state index contributed by atoms with van der Waals surface area (Å²) in [5.74, 6) is 0.160. The molecular weight excluding hydrogens is 356 g/mol. The average Bonchev–Trinajstić information content (AvgIpc) is 2.59. The van der Waals surface area contributed by atoms with E-state index in [2.05, 4.69) is 15.3 Å². The number of nitrogens with two attached hydrogens (primary N) is 1. The van der Waals surface area contributed by atoms with Gasteiger partial charge in [-0.25, -0.2) is 9.97 Å². The highest BCUT2D eigenvalue weighted by Gasteiger charge is 2.14. The van der Waals surface area contributed by atoms with E-state index < -0.39 is 0 Å². The van der Waals surface area contributed by atoms with E-state index in [9.17, 15) is 14.7 Å². The van der Waals surface area contributed by atoms with Crippen LogP contribution in [0.15, 0.2) is 16.7 Å². The summed E-state index contributed by atoms with van der Waals surface area (Å²) >= 11 is 1.22. The van der Waals surface area contributed by atoms with Crippen LogP contribution in [0.25, 0.3) is 0 Å². The van der Waals surface area contributed by atoms with Crippen LogP contribution in [0, 0.1) is 12.8 Å². The van der Waals surface area contributed by atoms with Crippen LogP contribution in [0.4, 0.5) is 5.82 Å². The predicted octanol–water partition coefficient (Wildman–Crippen LogP) is 1.53. The highest BCUT2D eigenvalue weighted by molar-refractivity contribution is 8.03. The second-order valence-electron chi connectivity index (χ2n) is 5.91. The monoisotopic (exact) mass is 382 g/mol. The van der Waals surface area contributed by atoms with Gasteiger partial charge in [-0.3, -0.25) is 9.59 Å². The number of nitrogen functional groups attached to an aromatic ring is 1. The van der Waals surface area contributed by atoms with E-state index in [0.717, 1.165) is 0 Å². The Morgan fingerprint density at radius 2 is 2.12 bits per heavy atom. The van der Waals surface area contributed by atoms with Crippen LogP contribution < -0.4 is 11.1 Å². The van der Waals surface area contributed by atoms with Crippen molar-refractivity contribution < 1.29 is 19.4 Å². The molecule has 0 radical (unpaired) electrons. The summed E-state index contributed by atoms with van der Waals surface area (Å²) in [5, 5.41) is 12.0. The average molecular weight is 382 g/mol. The first-order chi connectivity index (χ1) is 12.3. The summed E-state index contributed by atoms with van der Waals surface area (Å²) in [6.45, 7) is 6.97. The highest BCUT2D eigenvalue weighted by Crippen LogP contribution is 2.24. The molecule has 9 heteroatoms. The second kappa shape index (κ2) is 10.8. The number of aryl methyl sites for hydroxylation is 1. The van der Waals surface area contributed by atoms with E-state index in [1.807, 2.05) is 0 Å². The molecule has 0 aliphatic heterocycles. The van der Waals surface area contributed by atoms with Crippen molar-refractivity contribution in [3.05, 3.63) is 28.1 Å². The number of carbonyl (C=O) groups is 2. The summed E-state index contributed by atoms with van der Waals surface area (Å²) in [7, 11) is 0. The van der Waals surface area contributed by atoms with Crippen LogP contribution >= 0.6 is 11.8 Å². The van der Waals surface area contributed by atoms with E-state index in [-0.39, 0.29) is 36.9 Å². The van der Waals surface area contributed by atoms with Crippen molar-refractivity contribution in [1.82, 2.24) is 15.3 Å². The molecule has 0 aliphatic carbocycles. The number of aliphatic hydroxyl groups excluding tert-OH is 1. The number of nitrogens with zero attached hydrogens (tertiary/aromatic N) is 2. The molecule has 0 fully saturated rings. The number of hydrogen-bond donors (Lipinski definition) is 3. The zero-order valence-corrected chi connectivity index (χ0v) is 16.4. The van der Waals surface area contributed by atoms with Crippen molar-refractivity contribution in [3.8, 4) is 0 Å². The van der Waals surface area contributed by atoms with E-state index >= 15 is 0 Å². The summed E-state index contributed by atoms with van der Waals surface area (Å²) in [5.41, 5.74) is 6.89. The molecule has 0 unspecified atom stereocenters. The van der Waals surface area contributed by atoms with Crippen molar-refractivity contribution in [1.29, 1.82) is 0 Å². The molecule has 0 atom stereocenters. The van der Waals surface area contributed by atoms with Crippen LogP contribution in [0.3, 0.4) is 0 Å². The van der Waals surface area contributed by atoms with Gasteiger partial charge in [-0.2, -0.15) is 0 Å². The van der Waals surface area contributed by atoms with Gasteiger partial charge in [0.1, 0.15) is 17.6 Å². The molecule has 0 spiro atoms. The van der Waals surface area contributed by atoms with Crippen LogP contribution in [-0.2, 0) is 20.9 Å². The Morgan fingerprint density at radius 1 is 1.42 bits per heavy atom. The van der Waals surface area contributed by atoms with Crippen LogP contribution in [0.1, 0.15) is 38.6 Å². The molecule has 1 aromatic heterocycles. The summed E-state index contributed by atoms with van der Waals surface area (Å²) in [6.07, 6.45) is 1.88. The lowest BCUT2D eigenvalue weighted by Gasteiger charge is -2.13. The third kappa shape index (κ3) is 7.01. The fourth-order valence-electron chi connectivity index (χ4n) is 1.88. The number of ether oxygens (including phenoxy) is 1. The van der Waals surface area contributed by atoms with Gasteiger partial charge in [-0.1, -0.05) is 25.6 Å². The van der Waals surface area contributed by atoms with Gasteiger partial charge in [0.05, 0.1) is 5.92 Å². The van der Waals surface area contributed by atoms with Gasteiger partial charge in [0.2, 0.25) is 5.91 Å². The topological polar surface area (TPSA) is 127 Å². The molecule has 4 N–H and O–H groups in total. The number of amides is 1. The fourth-order valence-corrected chi connectivity index (χ4v) is 2.74. The number of aromatic nitrogens is 2. The number of hydrogen-bond acceptors (Lipinski definition) is 8. The molecule has 1 amide bonds. The van der Waals surface area contributed by atoms with E-state index in [1.54, 1.807) is 33.9 Å². The quantitative estimate of drug-likeness (QED) is 0.333. The molecule has 1 rings (SSSR count). The van der Waals surface area contributed by atoms with Crippen LogP contribution in [0.2, 0.25) is 0 Å². The first-order valence-corrected chi connectivity index (χ1v) is 9.21. The number of esters is 1. The minimum Gasteiger partial charge on any atom is -0.454 e. The number of thioether (sulfide) groups is 1. The standard InChI is InChI=1S/C17H26N4O4S/c1-10(2)17(24)25-9-26-14(5-6-22)11(3)16(23)20-8-13-7-19-12(4)21-15(13)18/h7,10,22H,5-6,8-9H2,1-4H3,(H,20,23)(H2,18,19,21)/b14-11-. The molecule has 0 saturated carbocycles. The number of aliphatic hydroxyl groups is 1. The lowest BCUT2D eigenvalue weighted by atomic mass is 10.2. The molecule has 0 bridgehead atoms. The zero-order valence-electron chi connectivity index (χ0n) is 15.5. The Labute approximate surface area is 157 Å². The number of nitrogens with one attached hydrogen (secondary N) is 1. The maximum absolute atomic E-state index is 12.4. The molecule has 0 saturated heterocycles. The number of rotatable bonds is 9. The SMILES string of the molecule is C/C(C(=O)NCc1cnc(C)nc1N)=C(\CCO)SCOC(=O)C(C)C. The Morgan fingerprint density at radius 3 is 2.69 bits per heavy atom. The Hall–Kier alpha value is -2.13. The Kier molecular flexibility index (Phi) is 9.08. The van der Waals surface area contributed by atoms with Gasteiger partial charge in [0.15, 0.2) is 0 Å². The minimum absolute atomic E-state index is 0.0930. The molecule has 26 heavy (non-hydrogen) atoms. The maximum atomic E-state index is 12.4. The lowest BCUT2D eigenvalue weighted by Crippen LogP contribution is -2.25. The van der Waals surface area contributed by atoms with Crippen molar-refractivity contribution in [3.63, 3.8) is 0 Å². The molecule has 0 aliphatic rings. The molecule has 0 aromatic carbocycles. The number of anilines is 1. The molecule has 8 nitrogen and oxygen atoms in total. The summed E-state index contributed by atoms with van der Waals surface area (Å²) in [6, 6.07) is 0. The molecule has 1 aromatic rings. The minimum atomic E-state index is -0.308. The van der Waals surface area contributed by atoms with E-state index in [1.165, 1.54) is 11.8 Å². The third-order valence-corrected chi connectivity index (χ3v) is 4.56. The smallest absolute Gasteiger partial charge is 0.309 e. The number of carbonyl (C=O) groups excluding carboxylic acids is 2. The first-order valence-electron chi connectivity index (χ1n) is 8.22. The van der Waals surface area contributed by atoms with Crippen LogP contribution in [0.5, 0.6) is 0 Å². The van der Waals surface area contributed by atoms with Crippen molar-refractivity contribution in [2.24, 2.45) is 5.92 Å². The fraction of sp³-hybridized carbons (Fsp3) is 0.529. The van der Waals surface area contributed by atoms with Gasteiger partial charge in [0, 0.05) is 36.9 Å². The van der Waals surface area contributed by atoms with Gasteiger partial charge in [-0.05, 0) is 18.8 Å². The second-order valence-corrected chi connectivity index (χ2v) is 6.93. The molecule has 1 heterocycles. The summed E-state index contributed by atoms with van der Waals surface area (Å²) in [4.78, 5) is 32.6. The Bertz CT molecular complexity index is 677. The van der Waals surface area contributed by atoms with Crippen molar-refractivity contribution >= 4 is 29.5 Å². The predicted molar refractivity (Wildman–Crippen MR) is 101 cm³/mol. The lowest BCUT2D eigenvalue weighted by molar-refractivity contribution is -0.144. The third-order valence-electron chi connectivity index (χ3n) is 3.46. The van der Waals surface area contributed by atoms with Gasteiger partial charge >= 0.3 is 5.97 Å². The normalized spacial score (nSPS) is 11.9. The van der Waals surface area contributed by atoms with Gasteiger partial charge in [-0.15, -0.1) is 0 Å². The van der Waals surface area contributed by atoms with Gasteiger partial charge < -0.3 is 20.9 Å². The zero-order chi connectivity index (χ0) is 19.7. The Balaban J connectivity index is 2.69.